The molecule has 2 aromatic rings. The highest BCUT2D eigenvalue weighted by atomic mass is 35.5. The number of hydrogen-bond donors (Lipinski definition) is 1. The van der Waals surface area contributed by atoms with Gasteiger partial charge in [-0.15, -0.1) is 0 Å². The average molecular weight is 360 g/mol. The second-order valence-electron chi connectivity index (χ2n) is 5.59. The zero-order chi connectivity index (χ0) is 18.4. The number of ether oxygens (including phenoxy) is 1. The topological polar surface area (TPSA) is 72.5 Å². The second kappa shape index (κ2) is 8.44. The molecule has 0 aliphatic rings. The summed E-state index contributed by atoms with van der Waals surface area (Å²) in [5, 5.41) is 2.95. The van der Waals surface area contributed by atoms with Crippen molar-refractivity contribution >= 4 is 29.3 Å². The van der Waals surface area contributed by atoms with E-state index in [4.69, 9.17) is 16.3 Å². The number of esters is 1. The lowest BCUT2D eigenvalue weighted by Gasteiger charge is -2.08. The van der Waals surface area contributed by atoms with Crippen LogP contribution in [0.1, 0.15) is 31.8 Å². The van der Waals surface area contributed by atoms with Crippen LogP contribution in [0.3, 0.4) is 0 Å². The summed E-state index contributed by atoms with van der Waals surface area (Å²) in [7, 11) is 0. The van der Waals surface area contributed by atoms with Crippen LogP contribution in [-0.2, 0) is 9.53 Å². The van der Waals surface area contributed by atoms with Gasteiger partial charge < -0.3 is 10.1 Å². The normalized spacial score (nSPS) is 10.2. The standard InChI is InChI=1S/C19H18ClNO4/c1-12-3-8-16(13(2)9-12)17(22)11-25-18(23)10-21-19(24)14-4-6-15(20)7-5-14/h3-9H,10-11H2,1-2H3,(H,21,24). The van der Waals surface area contributed by atoms with Gasteiger partial charge in [-0.05, 0) is 43.7 Å². The van der Waals surface area contributed by atoms with Gasteiger partial charge in [0.1, 0.15) is 6.54 Å². The predicted molar refractivity (Wildman–Crippen MR) is 95.0 cm³/mol. The molecule has 0 aliphatic carbocycles. The number of carbonyl (C=O) groups is 3. The Hall–Kier alpha value is -2.66. The van der Waals surface area contributed by atoms with Gasteiger partial charge >= 0.3 is 5.97 Å². The molecule has 2 rings (SSSR count). The molecule has 0 atom stereocenters. The minimum absolute atomic E-state index is 0.283. The first-order valence-corrected chi connectivity index (χ1v) is 8.04. The smallest absolute Gasteiger partial charge is 0.325 e. The molecule has 0 heterocycles. The maximum Gasteiger partial charge on any atom is 0.325 e. The highest BCUT2D eigenvalue weighted by Crippen LogP contribution is 2.11. The van der Waals surface area contributed by atoms with E-state index < -0.39 is 11.9 Å². The number of halogens is 1. The molecular weight excluding hydrogens is 342 g/mol. The lowest BCUT2D eigenvalue weighted by molar-refractivity contribution is -0.141. The molecule has 1 N–H and O–H groups in total. The maximum absolute atomic E-state index is 12.1. The van der Waals surface area contributed by atoms with Crippen LogP contribution in [0.4, 0.5) is 0 Å². The van der Waals surface area contributed by atoms with E-state index >= 15 is 0 Å². The van der Waals surface area contributed by atoms with Crippen molar-refractivity contribution in [3.05, 3.63) is 69.7 Å². The number of nitrogens with one attached hydrogen (secondary N) is 1. The van der Waals surface area contributed by atoms with Crippen molar-refractivity contribution in [2.75, 3.05) is 13.2 Å². The Morgan fingerprint density at radius 1 is 1.04 bits per heavy atom. The third kappa shape index (κ3) is 5.43. The van der Waals surface area contributed by atoms with Crippen LogP contribution in [0, 0.1) is 13.8 Å². The first-order chi connectivity index (χ1) is 11.9. The van der Waals surface area contributed by atoms with Crippen molar-refractivity contribution in [2.45, 2.75) is 13.8 Å². The number of rotatable bonds is 6. The van der Waals surface area contributed by atoms with Crippen molar-refractivity contribution in [3.8, 4) is 0 Å². The van der Waals surface area contributed by atoms with E-state index in [1.165, 1.54) is 0 Å². The molecule has 0 saturated heterocycles. The summed E-state index contributed by atoms with van der Waals surface area (Å²) >= 11 is 5.75. The van der Waals surface area contributed by atoms with Gasteiger partial charge in [-0.1, -0.05) is 35.4 Å². The minimum Gasteiger partial charge on any atom is -0.456 e. The van der Waals surface area contributed by atoms with Gasteiger partial charge in [0.05, 0.1) is 0 Å². The SMILES string of the molecule is Cc1ccc(C(=O)COC(=O)CNC(=O)c2ccc(Cl)cc2)c(C)c1. The highest BCUT2D eigenvalue weighted by molar-refractivity contribution is 6.30. The summed E-state index contributed by atoms with van der Waals surface area (Å²) in [6.45, 7) is 3.08. The largest absolute Gasteiger partial charge is 0.456 e. The first kappa shape index (κ1) is 18.7. The molecular formula is C19H18ClNO4. The molecule has 25 heavy (non-hydrogen) atoms. The predicted octanol–water partition coefficient (Wildman–Crippen LogP) is 3.11. The first-order valence-electron chi connectivity index (χ1n) is 7.66. The molecule has 130 valence electrons. The fourth-order valence-electron chi connectivity index (χ4n) is 2.26. The van der Waals surface area contributed by atoms with E-state index in [2.05, 4.69) is 5.32 Å². The Morgan fingerprint density at radius 2 is 1.72 bits per heavy atom. The van der Waals surface area contributed by atoms with Gasteiger partial charge in [0, 0.05) is 16.1 Å². The number of amides is 1. The van der Waals surface area contributed by atoms with Crippen molar-refractivity contribution in [1.82, 2.24) is 5.32 Å². The third-order valence-electron chi connectivity index (χ3n) is 3.55. The van der Waals surface area contributed by atoms with Crippen LogP contribution in [-0.4, -0.2) is 30.8 Å². The third-order valence-corrected chi connectivity index (χ3v) is 3.80. The summed E-state index contributed by atoms with van der Waals surface area (Å²) < 4.78 is 4.92. The van der Waals surface area contributed by atoms with E-state index in [0.717, 1.165) is 11.1 Å². The maximum atomic E-state index is 12.1. The molecule has 0 spiro atoms. The number of Topliss-reactive ketones (excluding diaryl/α,β-unsaturated/α-hetero) is 1. The minimum atomic E-state index is -0.680. The van der Waals surface area contributed by atoms with Crippen molar-refractivity contribution in [1.29, 1.82) is 0 Å². The fraction of sp³-hybridized carbons (Fsp3) is 0.211. The summed E-state index contributed by atoms with van der Waals surface area (Å²) in [5.41, 5.74) is 2.78. The van der Waals surface area contributed by atoms with Crippen molar-refractivity contribution in [2.24, 2.45) is 0 Å². The number of carbonyl (C=O) groups excluding carboxylic acids is 3. The van der Waals surface area contributed by atoms with Gasteiger partial charge in [0.2, 0.25) is 5.78 Å². The van der Waals surface area contributed by atoms with Crippen LogP contribution in [0.25, 0.3) is 0 Å². The van der Waals surface area contributed by atoms with Crippen molar-refractivity contribution in [3.63, 3.8) is 0 Å². The number of aryl methyl sites for hydroxylation is 2. The fourth-order valence-corrected chi connectivity index (χ4v) is 2.38. The summed E-state index contributed by atoms with van der Waals surface area (Å²) in [5.74, 6) is -1.38. The molecule has 5 nitrogen and oxygen atoms in total. The summed E-state index contributed by atoms with van der Waals surface area (Å²) in [4.78, 5) is 35.7. The molecule has 0 aromatic heterocycles. The van der Waals surface area contributed by atoms with Gasteiger partial charge in [0.15, 0.2) is 6.61 Å². The van der Waals surface area contributed by atoms with Gasteiger partial charge in [-0.2, -0.15) is 0 Å². The lowest BCUT2D eigenvalue weighted by Crippen LogP contribution is -2.31. The van der Waals surface area contributed by atoms with Crippen LogP contribution in [0.2, 0.25) is 5.02 Å². The molecule has 6 heteroatoms. The Morgan fingerprint density at radius 3 is 2.36 bits per heavy atom. The lowest BCUT2D eigenvalue weighted by atomic mass is 10.0. The van der Waals surface area contributed by atoms with E-state index in [0.29, 0.717) is 16.1 Å². The molecule has 0 radical (unpaired) electrons. The van der Waals surface area contributed by atoms with Crippen LogP contribution in [0.15, 0.2) is 42.5 Å². The van der Waals surface area contributed by atoms with Gasteiger partial charge in [0.25, 0.3) is 5.91 Å². The number of benzene rings is 2. The molecule has 2 aromatic carbocycles. The Kier molecular flexibility index (Phi) is 6.31. The Bertz CT molecular complexity index is 800. The van der Waals surface area contributed by atoms with Crippen LogP contribution >= 0.6 is 11.6 Å². The molecule has 0 aliphatic heterocycles. The highest BCUT2D eigenvalue weighted by Gasteiger charge is 2.13. The monoisotopic (exact) mass is 359 g/mol. The number of ketones is 1. The molecule has 0 saturated carbocycles. The molecule has 0 unspecified atom stereocenters. The summed E-state index contributed by atoms with van der Waals surface area (Å²) in [6, 6.07) is 11.7. The van der Waals surface area contributed by atoms with Gasteiger partial charge in [-0.3, -0.25) is 14.4 Å². The molecule has 0 bridgehead atoms. The van der Waals surface area contributed by atoms with E-state index in [1.807, 2.05) is 26.0 Å². The molecule has 0 fully saturated rings. The van der Waals surface area contributed by atoms with Gasteiger partial charge in [-0.25, -0.2) is 0 Å². The zero-order valence-corrected chi connectivity index (χ0v) is 14.7. The van der Waals surface area contributed by atoms with Crippen LogP contribution < -0.4 is 5.32 Å². The zero-order valence-electron chi connectivity index (χ0n) is 14.0. The second-order valence-corrected chi connectivity index (χ2v) is 6.03. The average Bonchev–Trinajstić information content (AvgIpc) is 2.58. The van der Waals surface area contributed by atoms with E-state index in [9.17, 15) is 14.4 Å². The Labute approximate surface area is 150 Å². The Balaban J connectivity index is 1.81. The quantitative estimate of drug-likeness (QED) is 0.635. The van der Waals surface area contributed by atoms with Crippen LogP contribution in [0.5, 0.6) is 0 Å². The van der Waals surface area contributed by atoms with E-state index in [-0.39, 0.29) is 18.9 Å². The van der Waals surface area contributed by atoms with Crippen molar-refractivity contribution < 1.29 is 19.1 Å². The molecule has 1 amide bonds. The summed E-state index contributed by atoms with van der Waals surface area (Å²) in [6.07, 6.45) is 0. The number of hydrogen-bond acceptors (Lipinski definition) is 4. The van der Waals surface area contributed by atoms with E-state index in [1.54, 1.807) is 30.3 Å².